The number of rotatable bonds is 9. The number of ether oxygens (including phenoxy) is 2. The number of likely N-dealkylation sites (tertiary alicyclic amines) is 1. The summed E-state index contributed by atoms with van der Waals surface area (Å²) in [5.74, 6) is -0.486. The van der Waals surface area contributed by atoms with Crippen molar-refractivity contribution in [2.75, 3.05) is 51.3 Å². The van der Waals surface area contributed by atoms with E-state index in [0.29, 0.717) is 76.9 Å². The van der Waals surface area contributed by atoms with Crippen molar-refractivity contribution in [1.29, 1.82) is 0 Å². The molecule has 1 aromatic heterocycles. The number of aromatic nitrogens is 1. The Labute approximate surface area is 328 Å². The summed E-state index contributed by atoms with van der Waals surface area (Å²) in [7, 11) is 1.29. The van der Waals surface area contributed by atoms with Crippen LogP contribution in [0, 0.1) is 5.82 Å². The number of amides is 3. The third-order valence-electron chi connectivity index (χ3n) is 10.2. The molecule has 1 N–H and O–H groups in total. The number of piperazine rings is 1. The maximum Gasteiger partial charge on any atom is 0.338 e. The standard InChI is InChI=1S/C39H35ClF3N7O5S/c1-54-37(52)32-31(45-34(35-44-14-18-56-35)46-33(32)29-12-5-24(41)19-30(29)40)22-47-16-17-48-26(20-47)21-49(38(48)53)25-6-10-28(11-7-25)55-27-8-3-23(4-9-27)36(51)50-15-2-13-39(50,42)43/h3-12,14,18-19,26,33H,2,13,15-17,20-22H2,1H3,(H,45,46)/t26-,33?/m0/s1. The fraction of sp³-hybridized carbons (Fsp3) is 0.308. The van der Waals surface area contributed by atoms with Crippen molar-refractivity contribution < 1.29 is 37.0 Å². The van der Waals surface area contributed by atoms with E-state index < -0.39 is 29.8 Å². The molecule has 1 unspecified atom stereocenters. The number of halogens is 4. The first-order valence-electron chi connectivity index (χ1n) is 17.9. The van der Waals surface area contributed by atoms with E-state index in [0.717, 1.165) is 0 Å². The zero-order chi connectivity index (χ0) is 39.1. The minimum atomic E-state index is -3.14. The largest absolute Gasteiger partial charge is 0.466 e. The van der Waals surface area contributed by atoms with Crippen molar-refractivity contribution in [3.05, 3.63) is 117 Å². The number of urea groups is 1. The number of amidine groups is 1. The van der Waals surface area contributed by atoms with Gasteiger partial charge in [-0.05, 0) is 67.1 Å². The maximum atomic E-state index is 14.1. The van der Waals surface area contributed by atoms with E-state index in [2.05, 4.69) is 15.2 Å². The van der Waals surface area contributed by atoms with Crippen LogP contribution >= 0.6 is 22.9 Å². The third kappa shape index (κ3) is 7.31. The molecule has 17 heteroatoms. The number of esters is 1. The lowest BCUT2D eigenvalue weighted by atomic mass is 9.95. The van der Waals surface area contributed by atoms with E-state index in [9.17, 15) is 27.6 Å². The van der Waals surface area contributed by atoms with Crippen LogP contribution in [-0.4, -0.2) is 102 Å². The number of hydrogen-bond donors (Lipinski definition) is 1. The van der Waals surface area contributed by atoms with E-state index in [-0.39, 0.29) is 47.6 Å². The van der Waals surface area contributed by atoms with E-state index in [1.165, 1.54) is 48.8 Å². The Bertz CT molecular complexity index is 2220. The van der Waals surface area contributed by atoms with Gasteiger partial charge in [-0.25, -0.2) is 19.0 Å². The maximum absolute atomic E-state index is 14.1. The van der Waals surface area contributed by atoms with Crippen LogP contribution in [0.3, 0.4) is 0 Å². The topological polar surface area (TPSA) is 120 Å². The predicted molar refractivity (Wildman–Crippen MR) is 203 cm³/mol. The number of nitrogens with one attached hydrogen (secondary N) is 1. The molecule has 4 aliphatic heterocycles. The molecule has 2 atom stereocenters. The molecule has 0 aliphatic carbocycles. The first-order chi connectivity index (χ1) is 27.0. The second-order valence-electron chi connectivity index (χ2n) is 13.7. The van der Waals surface area contributed by atoms with Crippen LogP contribution in [0.4, 0.5) is 23.7 Å². The van der Waals surface area contributed by atoms with Gasteiger partial charge in [-0.15, -0.1) is 11.3 Å². The normalized spacial score (nSPS) is 20.8. The molecule has 3 saturated heterocycles. The number of aliphatic imine (C=N–C) groups is 1. The van der Waals surface area contributed by atoms with E-state index in [1.807, 2.05) is 10.3 Å². The zero-order valence-electron chi connectivity index (χ0n) is 30.0. The van der Waals surface area contributed by atoms with Crippen LogP contribution in [-0.2, 0) is 9.53 Å². The number of carbonyl (C=O) groups is 3. The van der Waals surface area contributed by atoms with E-state index in [4.69, 9.17) is 26.1 Å². The number of nitrogens with zero attached hydrogens (tertiary/aromatic N) is 6. The van der Waals surface area contributed by atoms with Crippen molar-refractivity contribution in [1.82, 2.24) is 25.0 Å². The summed E-state index contributed by atoms with van der Waals surface area (Å²) in [6.45, 7) is 2.24. The van der Waals surface area contributed by atoms with Crippen LogP contribution in [0.2, 0.25) is 5.02 Å². The highest BCUT2D eigenvalue weighted by atomic mass is 35.5. The van der Waals surface area contributed by atoms with Gasteiger partial charge in [-0.3, -0.25) is 24.5 Å². The second kappa shape index (κ2) is 15.2. The Kier molecular flexibility index (Phi) is 10.2. The van der Waals surface area contributed by atoms with Gasteiger partial charge in [0.1, 0.15) is 23.4 Å². The Hall–Kier alpha value is -5.45. The molecule has 5 heterocycles. The lowest BCUT2D eigenvalue weighted by molar-refractivity contribution is -0.136. The van der Waals surface area contributed by atoms with Gasteiger partial charge in [0.15, 0.2) is 10.8 Å². The first kappa shape index (κ1) is 37.5. The van der Waals surface area contributed by atoms with Crippen LogP contribution in [0.1, 0.15) is 39.8 Å². The molecular formula is C39H35ClF3N7O5S. The molecule has 3 aromatic carbocycles. The van der Waals surface area contributed by atoms with Crippen molar-refractivity contribution in [3.8, 4) is 11.5 Å². The Morgan fingerprint density at radius 3 is 2.43 bits per heavy atom. The quantitative estimate of drug-likeness (QED) is 0.147. The molecule has 0 radical (unpaired) electrons. The number of thiazole rings is 1. The van der Waals surface area contributed by atoms with Gasteiger partial charge in [0.2, 0.25) is 0 Å². The Balaban J connectivity index is 0.950. The van der Waals surface area contributed by atoms with Gasteiger partial charge in [-0.1, -0.05) is 17.7 Å². The summed E-state index contributed by atoms with van der Waals surface area (Å²) >= 11 is 7.88. The summed E-state index contributed by atoms with van der Waals surface area (Å²) in [6, 6.07) is 12.8. The summed E-state index contributed by atoms with van der Waals surface area (Å²) < 4.78 is 53.4. The number of carbonyl (C=O) groups excluding carboxylic acids is 3. The molecule has 8 rings (SSSR count). The SMILES string of the molecule is COC(=O)C1=C(CN2CCN3C(=O)N(c4ccc(Oc5ccc(C(=O)N6CCCC6(F)F)cc5)cc4)C[C@@H]3C2)NC(c2nccs2)=NC1c1ccc(F)cc1Cl. The minimum Gasteiger partial charge on any atom is -0.466 e. The molecule has 3 amide bonds. The van der Waals surface area contributed by atoms with Crippen molar-refractivity contribution >= 4 is 52.4 Å². The molecule has 56 heavy (non-hydrogen) atoms. The molecule has 0 bridgehead atoms. The Morgan fingerprint density at radius 2 is 1.77 bits per heavy atom. The highest BCUT2D eigenvalue weighted by Crippen LogP contribution is 2.38. The zero-order valence-corrected chi connectivity index (χ0v) is 31.5. The van der Waals surface area contributed by atoms with Crippen LogP contribution < -0.4 is 15.0 Å². The van der Waals surface area contributed by atoms with Gasteiger partial charge < -0.3 is 19.7 Å². The van der Waals surface area contributed by atoms with Gasteiger partial charge in [-0.2, -0.15) is 8.78 Å². The van der Waals surface area contributed by atoms with Gasteiger partial charge in [0, 0.05) is 84.8 Å². The number of fused-ring (bicyclic) bond motifs is 1. The van der Waals surface area contributed by atoms with Crippen molar-refractivity contribution in [2.24, 2.45) is 4.99 Å². The molecule has 4 aliphatic rings. The summed E-state index contributed by atoms with van der Waals surface area (Å²) in [5, 5.41) is 5.85. The molecular weight excluding hydrogens is 771 g/mol. The lowest BCUT2D eigenvalue weighted by Gasteiger charge is -2.38. The fourth-order valence-electron chi connectivity index (χ4n) is 7.47. The first-order valence-corrected chi connectivity index (χ1v) is 19.1. The third-order valence-corrected chi connectivity index (χ3v) is 11.3. The molecule has 0 saturated carbocycles. The molecule has 290 valence electrons. The number of benzene rings is 3. The molecule has 4 aromatic rings. The monoisotopic (exact) mass is 805 g/mol. The molecule has 3 fully saturated rings. The van der Waals surface area contributed by atoms with E-state index >= 15 is 0 Å². The molecule has 0 spiro atoms. The second-order valence-corrected chi connectivity index (χ2v) is 15.0. The van der Waals surface area contributed by atoms with E-state index in [1.54, 1.807) is 47.5 Å². The lowest BCUT2D eigenvalue weighted by Crippen LogP contribution is -2.53. The summed E-state index contributed by atoms with van der Waals surface area (Å²) in [6.07, 6.45) is 1.57. The number of hydrogen-bond acceptors (Lipinski definition) is 10. The number of alkyl halides is 2. The smallest absolute Gasteiger partial charge is 0.338 e. The Morgan fingerprint density at radius 1 is 1.02 bits per heavy atom. The highest BCUT2D eigenvalue weighted by Gasteiger charge is 2.45. The number of methoxy groups -OCH3 is 1. The predicted octanol–water partition coefficient (Wildman–Crippen LogP) is 6.70. The number of anilines is 1. The van der Waals surface area contributed by atoms with Crippen LogP contribution in [0.25, 0.3) is 0 Å². The minimum absolute atomic E-state index is 0.0156. The van der Waals surface area contributed by atoms with Crippen molar-refractivity contribution in [3.63, 3.8) is 0 Å². The van der Waals surface area contributed by atoms with Crippen molar-refractivity contribution in [2.45, 2.75) is 31.0 Å². The fourth-order valence-corrected chi connectivity index (χ4v) is 8.33. The summed E-state index contributed by atoms with van der Waals surface area (Å²) in [5.41, 5.74) is 2.06. The molecule has 12 nitrogen and oxygen atoms in total. The van der Waals surface area contributed by atoms with Gasteiger partial charge in [0.25, 0.3) is 5.91 Å². The van der Waals surface area contributed by atoms with Gasteiger partial charge in [0.05, 0.1) is 18.7 Å². The highest BCUT2D eigenvalue weighted by molar-refractivity contribution is 7.11. The average molecular weight is 806 g/mol. The summed E-state index contributed by atoms with van der Waals surface area (Å²) in [4.78, 5) is 55.2. The van der Waals surface area contributed by atoms with Crippen LogP contribution in [0.15, 0.2) is 94.6 Å². The van der Waals surface area contributed by atoms with Crippen LogP contribution in [0.5, 0.6) is 11.5 Å². The van der Waals surface area contributed by atoms with Gasteiger partial charge >= 0.3 is 18.0 Å². The average Bonchev–Trinajstić information content (AvgIpc) is 3.94.